The van der Waals surface area contributed by atoms with Gasteiger partial charge >= 0.3 is 0 Å². The molecule has 2 rings (SSSR count). The summed E-state index contributed by atoms with van der Waals surface area (Å²) in [6, 6.07) is 9.99. The van der Waals surface area contributed by atoms with Crippen LogP contribution >= 0.6 is 11.3 Å². The van der Waals surface area contributed by atoms with Crippen LogP contribution < -0.4 is 15.4 Å². The second-order valence-corrected chi connectivity index (χ2v) is 6.34. The van der Waals surface area contributed by atoms with E-state index in [-0.39, 0.29) is 17.7 Å². The lowest BCUT2D eigenvalue weighted by molar-refractivity contribution is -0.118. The Morgan fingerprint density at radius 1 is 1.13 bits per heavy atom. The maximum atomic E-state index is 12.5. The summed E-state index contributed by atoms with van der Waals surface area (Å²) in [5.41, 5.74) is 0.659. The van der Waals surface area contributed by atoms with Crippen molar-refractivity contribution in [3.8, 4) is 5.75 Å². The van der Waals surface area contributed by atoms with Gasteiger partial charge in [0.2, 0.25) is 5.91 Å². The summed E-state index contributed by atoms with van der Waals surface area (Å²) in [6.45, 7) is 3.79. The number of benzene rings is 1. The fraction of sp³-hybridized carbons (Fsp3) is 0.294. The van der Waals surface area contributed by atoms with E-state index in [9.17, 15) is 9.59 Å². The number of methoxy groups -OCH3 is 1. The molecule has 0 aliphatic carbocycles. The van der Waals surface area contributed by atoms with Crippen LogP contribution in [0.15, 0.2) is 41.8 Å². The monoisotopic (exact) mass is 332 g/mol. The molecule has 1 aromatic carbocycles. The molecule has 0 saturated carbocycles. The van der Waals surface area contributed by atoms with Gasteiger partial charge in [-0.15, -0.1) is 11.3 Å². The van der Waals surface area contributed by atoms with Crippen molar-refractivity contribution in [3.63, 3.8) is 0 Å². The lowest BCUT2D eigenvalue weighted by Crippen LogP contribution is -2.46. The van der Waals surface area contributed by atoms with Gasteiger partial charge in [-0.25, -0.2) is 0 Å². The molecular formula is C17H20N2O3S. The molecule has 1 aromatic heterocycles. The molecule has 2 aromatic rings. The zero-order valence-electron chi connectivity index (χ0n) is 13.3. The molecule has 2 amide bonds. The number of amides is 2. The largest absolute Gasteiger partial charge is 0.497 e. The van der Waals surface area contributed by atoms with Gasteiger partial charge in [0.1, 0.15) is 11.8 Å². The zero-order chi connectivity index (χ0) is 16.8. The highest BCUT2D eigenvalue weighted by Crippen LogP contribution is 2.16. The quantitative estimate of drug-likeness (QED) is 0.854. The highest BCUT2D eigenvalue weighted by atomic mass is 32.1. The van der Waals surface area contributed by atoms with E-state index in [2.05, 4.69) is 10.6 Å². The molecule has 0 radical (unpaired) electrons. The van der Waals surface area contributed by atoms with E-state index >= 15 is 0 Å². The van der Waals surface area contributed by atoms with Gasteiger partial charge in [-0.1, -0.05) is 19.9 Å². The van der Waals surface area contributed by atoms with E-state index < -0.39 is 6.04 Å². The molecular weight excluding hydrogens is 312 g/mol. The number of carbonyl (C=O) groups excluding carboxylic acids is 2. The maximum Gasteiger partial charge on any atom is 0.262 e. The minimum Gasteiger partial charge on any atom is -0.497 e. The lowest BCUT2D eigenvalue weighted by Gasteiger charge is -2.21. The van der Waals surface area contributed by atoms with E-state index in [1.54, 1.807) is 43.5 Å². The number of hydrogen-bond acceptors (Lipinski definition) is 4. The van der Waals surface area contributed by atoms with Crippen molar-refractivity contribution in [1.82, 2.24) is 5.32 Å². The minimum absolute atomic E-state index is 0.0304. The van der Waals surface area contributed by atoms with Crippen molar-refractivity contribution < 1.29 is 14.3 Å². The number of rotatable bonds is 6. The molecule has 0 bridgehead atoms. The first-order valence-electron chi connectivity index (χ1n) is 7.30. The van der Waals surface area contributed by atoms with Crippen molar-refractivity contribution in [3.05, 3.63) is 46.7 Å². The van der Waals surface area contributed by atoms with Crippen molar-refractivity contribution in [1.29, 1.82) is 0 Å². The third-order valence-electron chi connectivity index (χ3n) is 3.34. The molecule has 0 saturated heterocycles. The van der Waals surface area contributed by atoms with E-state index in [0.717, 1.165) is 5.75 Å². The molecule has 0 aliphatic heterocycles. The van der Waals surface area contributed by atoms with Gasteiger partial charge in [0.25, 0.3) is 5.91 Å². The summed E-state index contributed by atoms with van der Waals surface area (Å²) >= 11 is 1.35. The molecule has 6 heteroatoms. The molecule has 0 unspecified atom stereocenters. The zero-order valence-corrected chi connectivity index (χ0v) is 14.1. The highest BCUT2D eigenvalue weighted by Gasteiger charge is 2.25. The molecule has 1 heterocycles. The van der Waals surface area contributed by atoms with Gasteiger partial charge in [-0.2, -0.15) is 0 Å². The average molecular weight is 332 g/mol. The van der Waals surface area contributed by atoms with Crippen molar-refractivity contribution >= 4 is 28.8 Å². The fourth-order valence-electron chi connectivity index (χ4n) is 2.05. The Morgan fingerprint density at radius 2 is 1.83 bits per heavy atom. The van der Waals surface area contributed by atoms with E-state index in [4.69, 9.17) is 4.74 Å². The number of anilines is 1. The van der Waals surface area contributed by atoms with Crippen LogP contribution in [-0.2, 0) is 4.79 Å². The Labute approximate surface area is 139 Å². The first kappa shape index (κ1) is 17.0. The predicted molar refractivity (Wildman–Crippen MR) is 92.0 cm³/mol. The number of nitrogens with one attached hydrogen (secondary N) is 2. The summed E-state index contributed by atoms with van der Waals surface area (Å²) < 4.78 is 5.09. The normalized spacial score (nSPS) is 11.8. The summed E-state index contributed by atoms with van der Waals surface area (Å²) in [7, 11) is 1.59. The van der Waals surface area contributed by atoms with Crippen LogP contribution in [0.2, 0.25) is 0 Å². The summed E-state index contributed by atoms with van der Waals surface area (Å²) in [5.74, 6) is 0.213. The van der Waals surface area contributed by atoms with Gasteiger partial charge in [0, 0.05) is 5.69 Å². The van der Waals surface area contributed by atoms with Gasteiger partial charge < -0.3 is 15.4 Å². The molecule has 0 aliphatic rings. The van der Waals surface area contributed by atoms with Crippen LogP contribution in [0, 0.1) is 5.92 Å². The Bertz CT molecular complexity index is 651. The van der Waals surface area contributed by atoms with E-state index in [0.29, 0.717) is 10.6 Å². The maximum absolute atomic E-state index is 12.5. The van der Waals surface area contributed by atoms with Gasteiger partial charge in [0.05, 0.1) is 12.0 Å². The number of thiophene rings is 1. The first-order chi connectivity index (χ1) is 11.0. The van der Waals surface area contributed by atoms with Crippen LogP contribution in [0.4, 0.5) is 5.69 Å². The summed E-state index contributed by atoms with van der Waals surface area (Å²) in [5, 5.41) is 7.45. The van der Waals surface area contributed by atoms with Gasteiger partial charge in [-0.3, -0.25) is 9.59 Å². The second kappa shape index (κ2) is 7.78. The minimum atomic E-state index is -0.605. The van der Waals surface area contributed by atoms with Crippen molar-refractivity contribution in [2.75, 3.05) is 12.4 Å². The van der Waals surface area contributed by atoms with Crippen LogP contribution in [0.3, 0.4) is 0 Å². The van der Waals surface area contributed by atoms with Gasteiger partial charge in [0.15, 0.2) is 0 Å². The van der Waals surface area contributed by atoms with Crippen LogP contribution in [-0.4, -0.2) is 25.0 Å². The highest BCUT2D eigenvalue weighted by molar-refractivity contribution is 7.12. The predicted octanol–water partition coefficient (Wildman–Crippen LogP) is 3.15. The number of hydrogen-bond donors (Lipinski definition) is 2. The average Bonchev–Trinajstić information content (AvgIpc) is 3.07. The van der Waals surface area contributed by atoms with Crippen molar-refractivity contribution in [2.45, 2.75) is 19.9 Å². The molecule has 0 spiro atoms. The van der Waals surface area contributed by atoms with E-state index in [1.807, 2.05) is 19.2 Å². The summed E-state index contributed by atoms with van der Waals surface area (Å²) in [4.78, 5) is 25.2. The smallest absolute Gasteiger partial charge is 0.262 e. The Morgan fingerprint density at radius 3 is 2.35 bits per heavy atom. The Balaban J connectivity index is 2.04. The topological polar surface area (TPSA) is 67.4 Å². The van der Waals surface area contributed by atoms with E-state index in [1.165, 1.54) is 11.3 Å². The summed E-state index contributed by atoms with van der Waals surface area (Å²) in [6.07, 6.45) is 0. The molecule has 5 nitrogen and oxygen atoms in total. The molecule has 2 N–H and O–H groups in total. The van der Waals surface area contributed by atoms with Crippen molar-refractivity contribution in [2.24, 2.45) is 5.92 Å². The van der Waals surface area contributed by atoms with Crippen LogP contribution in [0.1, 0.15) is 23.5 Å². The third kappa shape index (κ3) is 4.56. The van der Waals surface area contributed by atoms with Crippen LogP contribution in [0.5, 0.6) is 5.75 Å². The SMILES string of the molecule is COc1ccc(NC(=O)[C@@H](NC(=O)c2cccs2)C(C)C)cc1. The van der Waals surface area contributed by atoms with Crippen LogP contribution in [0.25, 0.3) is 0 Å². The Kier molecular flexibility index (Phi) is 5.76. The van der Waals surface area contributed by atoms with Gasteiger partial charge in [-0.05, 0) is 41.6 Å². The Hall–Kier alpha value is -2.34. The first-order valence-corrected chi connectivity index (χ1v) is 8.18. The molecule has 122 valence electrons. The number of carbonyl (C=O) groups is 2. The molecule has 0 fully saturated rings. The number of ether oxygens (including phenoxy) is 1. The standard InChI is InChI=1S/C17H20N2O3S/c1-11(2)15(19-16(20)14-5-4-10-23-14)17(21)18-12-6-8-13(22-3)9-7-12/h4-11,15H,1-3H3,(H,18,21)(H,19,20)/t15-/m0/s1. The third-order valence-corrected chi connectivity index (χ3v) is 4.21. The molecule has 23 heavy (non-hydrogen) atoms. The fourth-order valence-corrected chi connectivity index (χ4v) is 2.68. The lowest BCUT2D eigenvalue weighted by atomic mass is 10.0. The second-order valence-electron chi connectivity index (χ2n) is 5.39. The molecule has 1 atom stereocenters.